The lowest BCUT2D eigenvalue weighted by molar-refractivity contribution is 0.448. The van der Waals surface area contributed by atoms with E-state index in [9.17, 15) is 0 Å². The molecule has 0 aliphatic carbocycles. The summed E-state index contributed by atoms with van der Waals surface area (Å²) in [5.41, 5.74) is 0. The third-order valence-corrected chi connectivity index (χ3v) is 6.55. The van der Waals surface area contributed by atoms with Gasteiger partial charge in [0.1, 0.15) is 0 Å². The van der Waals surface area contributed by atoms with Gasteiger partial charge < -0.3 is 0 Å². The molecule has 3 rings (SSSR count). The molecule has 3 heteroatoms. The zero-order valence-electron chi connectivity index (χ0n) is 6.31. The Morgan fingerprint density at radius 2 is 1.60 bits per heavy atom. The number of fused-ring (bicyclic) bond motifs is 3. The highest BCUT2D eigenvalue weighted by Gasteiger charge is 2.35. The summed E-state index contributed by atoms with van der Waals surface area (Å²) in [6.07, 6.45) is 4.33. The molecule has 0 saturated carbocycles. The van der Waals surface area contributed by atoms with Gasteiger partial charge in [-0.1, -0.05) is 0 Å². The molecule has 3 aliphatic rings. The van der Waals surface area contributed by atoms with Gasteiger partial charge in [-0.3, -0.25) is 5.84 Å². The molecule has 0 radical (unpaired) electrons. The van der Waals surface area contributed by atoms with E-state index in [4.69, 9.17) is 5.84 Å². The summed E-state index contributed by atoms with van der Waals surface area (Å²) in [4.78, 5) is 3.09. The third-order valence-electron chi connectivity index (χ3n) is 3.00. The molecule has 0 unspecified atom stereocenters. The number of rotatable bonds is 1. The van der Waals surface area contributed by atoms with E-state index >= 15 is 0 Å². The average molecular weight is 160 g/mol. The van der Waals surface area contributed by atoms with Gasteiger partial charge in [-0.15, -0.1) is 0 Å². The largest absolute Gasteiger partial charge is 0.263 e. The second kappa shape index (κ2) is 2.40. The Bertz CT molecular complexity index is 116. The lowest BCUT2D eigenvalue weighted by Crippen LogP contribution is -2.42. The lowest BCUT2D eigenvalue weighted by atomic mass is 9.99. The van der Waals surface area contributed by atoms with Crippen molar-refractivity contribution in [3.8, 4) is 0 Å². The van der Waals surface area contributed by atoms with Crippen LogP contribution in [0.25, 0.3) is 0 Å². The van der Waals surface area contributed by atoms with Crippen LogP contribution >= 0.6 is 10.2 Å². The smallest absolute Gasteiger partial charge is 0.00948 e. The van der Waals surface area contributed by atoms with Crippen LogP contribution in [-0.4, -0.2) is 17.3 Å². The monoisotopic (exact) mass is 160 g/mol. The quantitative estimate of drug-likeness (QED) is 0.443. The molecule has 0 amide bonds. The zero-order chi connectivity index (χ0) is 7.03. The normalized spacial score (nSPS) is 52.3. The zero-order valence-corrected chi connectivity index (χ0v) is 7.12. The SMILES string of the molecule is NNS12CCC(CC1)CC2. The Hall–Kier alpha value is 0.270. The van der Waals surface area contributed by atoms with E-state index in [1.54, 1.807) is 0 Å². The molecular weight excluding hydrogens is 144 g/mol. The van der Waals surface area contributed by atoms with E-state index in [2.05, 4.69) is 4.83 Å². The molecule has 10 heavy (non-hydrogen) atoms. The van der Waals surface area contributed by atoms with Crippen LogP contribution in [0, 0.1) is 5.92 Å². The van der Waals surface area contributed by atoms with Crippen molar-refractivity contribution in [1.82, 2.24) is 4.83 Å². The summed E-state index contributed by atoms with van der Waals surface area (Å²) in [6.45, 7) is 0. The van der Waals surface area contributed by atoms with Crippen molar-refractivity contribution < 1.29 is 0 Å². The van der Waals surface area contributed by atoms with Crippen molar-refractivity contribution in [2.75, 3.05) is 17.3 Å². The maximum atomic E-state index is 5.56. The first kappa shape index (κ1) is 6.95. The van der Waals surface area contributed by atoms with E-state index < -0.39 is 10.2 Å². The highest BCUT2D eigenvalue weighted by molar-refractivity contribution is 8.32. The lowest BCUT2D eigenvalue weighted by Gasteiger charge is -2.50. The van der Waals surface area contributed by atoms with Gasteiger partial charge in [0, 0.05) is 0 Å². The molecule has 2 nitrogen and oxygen atoms in total. The van der Waals surface area contributed by atoms with Crippen LogP contribution in [0.5, 0.6) is 0 Å². The fourth-order valence-electron chi connectivity index (χ4n) is 2.09. The minimum atomic E-state index is -0.480. The van der Waals surface area contributed by atoms with Crippen molar-refractivity contribution >= 4 is 10.2 Å². The Morgan fingerprint density at radius 3 is 1.90 bits per heavy atom. The van der Waals surface area contributed by atoms with Crippen LogP contribution in [0.15, 0.2) is 0 Å². The number of hydrogen-bond donors (Lipinski definition) is 2. The first-order valence-corrected chi connectivity index (χ1v) is 6.22. The van der Waals surface area contributed by atoms with Crippen LogP contribution in [0.1, 0.15) is 19.3 Å². The van der Waals surface area contributed by atoms with E-state index in [-0.39, 0.29) is 0 Å². The Morgan fingerprint density at radius 1 is 1.10 bits per heavy atom. The second-order valence-electron chi connectivity index (χ2n) is 3.51. The van der Waals surface area contributed by atoms with Gasteiger partial charge in [0.05, 0.1) is 0 Å². The van der Waals surface area contributed by atoms with E-state index in [1.165, 1.54) is 36.5 Å². The molecule has 0 atom stereocenters. The summed E-state index contributed by atoms with van der Waals surface area (Å²) in [7, 11) is -0.480. The molecule has 2 bridgehead atoms. The number of nitrogens with two attached hydrogens (primary N) is 1. The maximum absolute atomic E-state index is 5.56. The van der Waals surface area contributed by atoms with Gasteiger partial charge in [-0.2, -0.15) is 10.2 Å². The highest BCUT2D eigenvalue weighted by Crippen LogP contribution is 2.55. The Labute approximate surface area is 64.0 Å². The Balaban J connectivity index is 2.08. The van der Waals surface area contributed by atoms with Crippen molar-refractivity contribution in [3.63, 3.8) is 0 Å². The summed E-state index contributed by atoms with van der Waals surface area (Å²) in [5.74, 6) is 10.8. The van der Waals surface area contributed by atoms with E-state index in [1.807, 2.05) is 0 Å². The van der Waals surface area contributed by atoms with Crippen molar-refractivity contribution in [1.29, 1.82) is 0 Å². The van der Waals surface area contributed by atoms with Crippen LogP contribution in [0.3, 0.4) is 0 Å². The molecule has 3 saturated heterocycles. The summed E-state index contributed by atoms with van der Waals surface area (Å²) >= 11 is 0. The number of nitrogens with one attached hydrogen (secondary N) is 1. The minimum Gasteiger partial charge on any atom is -0.263 e. The molecule has 3 heterocycles. The Kier molecular flexibility index (Phi) is 1.66. The predicted molar refractivity (Wildman–Crippen MR) is 46.9 cm³/mol. The fourth-order valence-corrected chi connectivity index (χ4v) is 5.41. The van der Waals surface area contributed by atoms with Crippen LogP contribution in [0.4, 0.5) is 0 Å². The van der Waals surface area contributed by atoms with Crippen LogP contribution < -0.4 is 10.7 Å². The summed E-state index contributed by atoms with van der Waals surface area (Å²) < 4.78 is 0. The average Bonchev–Trinajstić information content (AvgIpc) is 2.08. The summed E-state index contributed by atoms with van der Waals surface area (Å²) in [5, 5.41) is 0. The second-order valence-corrected chi connectivity index (χ2v) is 7.06. The van der Waals surface area contributed by atoms with Crippen LogP contribution in [-0.2, 0) is 0 Å². The van der Waals surface area contributed by atoms with Gasteiger partial charge in [-0.25, -0.2) is 4.83 Å². The molecule has 0 spiro atoms. The molecule has 3 N–H and O–H groups in total. The minimum absolute atomic E-state index is 0.480. The summed E-state index contributed by atoms with van der Waals surface area (Å²) in [6, 6.07) is 0. The van der Waals surface area contributed by atoms with Gasteiger partial charge in [0.25, 0.3) is 0 Å². The molecule has 0 aromatic carbocycles. The van der Waals surface area contributed by atoms with Crippen LogP contribution in [0.2, 0.25) is 0 Å². The van der Waals surface area contributed by atoms with Gasteiger partial charge >= 0.3 is 0 Å². The molecule has 3 aliphatic heterocycles. The van der Waals surface area contributed by atoms with Gasteiger partial charge in [0.15, 0.2) is 0 Å². The molecule has 3 fully saturated rings. The van der Waals surface area contributed by atoms with Gasteiger partial charge in [0.2, 0.25) is 0 Å². The van der Waals surface area contributed by atoms with Crippen molar-refractivity contribution in [2.45, 2.75) is 19.3 Å². The van der Waals surface area contributed by atoms with E-state index in [0.29, 0.717) is 0 Å². The number of hydrazine groups is 1. The van der Waals surface area contributed by atoms with Crippen molar-refractivity contribution in [3.05, 3.63) is 0 Å². The fraction of sp³-hybridized carbons (Fsp3) is 1.00. The molecule has 60 valence electrons. The van der Waals surface area contributed by atoms with Crippen molar-refractivity contribution in [2.24, 2.45) is 11.8 Å². The molecular formula is C7H16N2S. The predicted octanol–water partition coefficient (Wildman–Crippen LogP) is 0.983. The third kappa shape index (κ3) is 0.966. The first-order valence-electron chi connectivity index (χ1n) is 4.08. The standard InChI is InChI=1S/C7H16N2S/c8-9-10-4-1-7(2-5-10)3-6-10/h7,9H,1-6,8H2. The topological polar surface area (TPSA) is 38.0 Å². The highest BCUT2D eigenvalue weighted by atomic mass is 32.3. The molecule has 0 aromatic rings. The van der Waals surface area contributed by atoms with E-state index in [0.717, 1.165) is 5.92 Å². The van der Waals surface area contributed by atoms with Gasteiger partial charge in [-0.05, 0) is 42.4 Å². The first-order chi connectivity index (χ1) is 4.85. The number of hydrogen-bond acceptors (Lipinski definition) is 2. The maximum Gasteiger partial charge on any atom is -0.00948 e. The molecule has 0 aromatic heterocycles.